The van der Waals surface area contributed by atoms with Gasteiger partial charge in [0.1, 0.15) is 0 Å². The van der Waals surface area contributed by atoms with Crippen LogP contribution >= 0.6 is 0 Å². The van der Waals surface area contributed by atoms with E-state index in [1.807, 2.05) is 16.8 Å². The van der Waals surface area contributed by atoms with Gasteiger partial charge in [0, 0.05) is 26.2 Å². The maximum Gasteiger partial charge on any atom is 0.319 e. The predicted octanol–water partition coefficient (Wildman–Crippen LogP) is 2.80. The molecule has 120 valence electrons. The lowest BCUT2D eigenvalue weighted by Crippen LogP contribution is -2.51. The van der Waals surface area contributed by atoms with Crippen LogP contribution in [-0.4, -0.2) is 53.1 Å². The van der Waals surface area contributed by atoms with Gasteiger partial charge in [-0.3, -0.25) is 4.79 Å². The normalized spacial score (nSPS) is 24.1. The first-order chi connectivity index (χ1) is 9.84. The molecule has 0 radical (unpaired) electrons. The molecule has 2 aliphatic rings. The number of rotatable bonds is 3. The Hall–Kier alpha value is -1.26. The van der Waals surface area contributed by atoms with Gasteiger partial charge in [-0.2, -0.15) is 0 Å². The third-order valence-corrected chi connectivity index (χ3v) is 5.44. The second kappa shape index (κ2) is 6.24. The Morgan fingerprint density at radius 2 is 1.76 bits per heavy atom. The molecule has 0 aromatic heterocycles. The minimum atomic E-state index is -0.773. The number of carboxylic acids is 1. The fourth-order valence-electron chi connectivity index (χ4n) is 3.59. The number of amides is 2. The number of carbonyl (C=O) groups excluding carboxylic acids is 1. The van der Waals surface area contributed by atoms with Crippen LogP contribution in [0.4, 0.5) is 4.79 Å². The second-order valence-corrected chi connectivity index (χ2v) is 7.14. The van der Waals surface area contributed by atoms with Gasteiger partial charge < -0.3 is 14.9 Å². The maximum atomic E-state index is 12.6. The molecule has 2 fully saturated rings. The molecular formula is C16H28N2O3. The van der Waals surface area contributed by atoms with Crippen molar-refractivity contribution in [3.8, 4) is 0 Å². The van der Waals surface area contributed by atoms with Crippen LogP contribution in [0.25, 0.3) is 0 Å². The summed E-state index contributed by atoms with van der Waals surface area (Å²) in [5, 5.41) is 9.39. The van der Waals surface area contributed by atoms with Crippen LogP contribution in [0.3, 0.4) is 0 Å². The van der Waals surface area contributed by atoms with Gasteiger partial charge in [0.15, 0.2) is 0 Å². The summed E-state index contributed by atoms with van der Waals surface area (Å²) < 4.78 is 0. The van der Waals surface area contributed by atoms with Gasteiger partial charge in [0.05, 0.1) is 5.41 Å². The van der Waals surface area contributed by atoms with Crippen molar-refractivity contribution < 1.29 is 14.7 Å². The number of piperidine rings is 1. The van der Waals surface area contributed by atoms with E-state index in [4.69, 9.17) is 0 Å². The maximum absolute atomic E-state index is 12.6. The highest BCUT2D eigenvalue weighted by Gasteiger charge is 2.40. The lowest BCUT2D eigenvalue weighted by molar-refractivity contribution is -0.151. The Kier molecular flexibility index (Phi) is 4.79. The lowest BCUT2D eigenvalue weighted by Gasteiger charge is -2.41. The molecule has 1 N–H and O–H groups in total. The predicted molar refractivity (Wildman–Crippen MR) is 81.1 cm³/mol. The zero-order valence-corrected chi connectivity index (χ0v) is 13.5. The number of likely N-dealkylation sites (tertiary alicyclic amines) is 1. The Morgan fingerprint density at radius 1 is 1.14 bits per heavy atom. The van der Waals surface area contributed by atoms with Crippen molar-refractivity contribution in [1.29, 1.82) is 0 Å². The first kappa shape index (κ1) is 16.1. The summed E-state index contributed by atoms with van der Waals surface area (Å²) in [5.74, 6) is -0.740. The van der Waals surface area contributed by atoms with E-state index in [9.17, 15) is 14.7 Å². The quantitative estimate of drug-likeness (QED) is 0.871. The largest absolute Gasteiger partial charge is 0.481 e. The molecule has 1 heterocycles. The average molecular weight is 296 g/mol. The van der Waals surface area contributed by atoms with Crippen LogP contribution in [-0.2, 0) is 4.79 Å². The third-order valence-electron chi connectivity index (χ3n) is 5.44. The molecule has 1 saturated carbocycles. The number of aliphatic carboxylic acids is 1. The number of carbonyl (C=O) groups is 2. The Balaban J connectivity index is 2.00. The molecule has 2 rings (SSSR count). The zero-order valence-electron chi connectivity index (χ0n) is 13.5. The van der Waals surface area contributed by atoms with Gasteiger partial charge in [-0.15, -0.1) is 0 Å². The topological polar surface area (TPSA) is 60.9 Å². The first-order valence-electron chi connectivity index (χ1n) is 8.09. The molecule has 0 spiro atoms. The smallest absolute Gasteiger partial charge is 0.319 e. The van der Waals surface area contributed by atoms with Gasteiger partial charge in [-0.25, -0.2) is 4.79 Å². The highest BCUT2D eigenvalue weighted by atomic mass is 16.4. The van der Waals surface area contributed by atoms with Crippen LogP contribution < -0.4 is 0 Å². The van der Waals surface area contributed by atoms with E-state index in [0.29, 0.717) is 12.6 Å². The van der Waals surface area contributed by atoms with Crippen LogP contribution in [0.15, 0.2) is 0 Å². The molecule has 0 aromatic rings. The number of hydrogen-bond donors (Lipinski definition) is 1. The number of hydrogen-bond acceptors (Lipinski definition) is 2. The van der Waals surface area contributed by atoms with Crippen LogP contribution in [0.2, 0.25) is 0 Å². The van der Waals surface area contributed by atoms with E-state index in [-0.39, 0.29) is 11.9 Å². The van der Waals surface area contributed by atoms with Gasteiger partial charge in [0.25, 0.3) is 0 Å². The van der Waals surface area contributed by atoms with E-state index in [2.05, 4.69) is 0 Å². The van der Waals surface area contributed by atoms with Crippen molar-refractivity contribution >= 4 is 12.0 Å². The van der Waals surface area contributed by atoms with Crippen LogP contribution in [0, 0.1) is 11.3 Å². The lowest BCUT2D eigenvalue weighted by atomic mass is 9.74. The van der Waals surface area contributed by atoms with E-state index < -0.39 is 11.4 Å². The Morgan fingerprint density at radius 3 is 2.33 bits per heavy atom. The fourth-order valence-corrected chi connectivity index (χ4v) is 3.59. The van der Waals surface area contributed by atoms with E-state index in [1.165, 1.54) is 12.8 Å². The fraction of sp³-hybridized carbons (Fsp3) is 0.875. The van der Waals surface area contributed by atoms with Crippen molar-refractivity contribution in [3.05, 3.63) is 0 Å². The molecular weight excluding hydrogens is 268 g/mol. The van der Waals surface area contributed by atoms with E-state index >= 15 is 0 Å². The van der Waals surface area contributed by atoms with Crippen molar-refractivity contribution in [2.24, 2.45) is 11.3 Å². The highest BCUT2D eigenvalue weighted by molar-refractivity contribution is 5.76. The summed E-state index contributed by atoms with van der Waals surface area (Å²) >= 11 is 0. The summed E-state index contributed by atoms with van der Waals surface area (Å²) in [4.78, 5) is 27.8. The molecule has 1 aliphatic carbocycles. The summed E-state index contributed by atoms with van der Waals surface area (Å²) in [7, 11) is 1.89. The standard InChI is InChI=1S/C16H28N2O3/c1-16(2,14(19)20)12-7-6-10-18(11-12)15(21)17(3)13-8-4-5-9-13/h12-13H,4-11H2,1-3H3,(H,19,20). The number of nitrogens with zero attached hydrogens (tertiary/aromatic N) is 2. The number of urea groups is 1. The molecule has 0 bridgehead atoms. The average Bonchev–Trinajstić information content (AvgIpc) is 2.99. The zero-order chi connectivity index (χ0) is 15.6. The van der Waals surface area contributed by atoms with E-state index in [1.54, 1.807) is 13.8 Å². The summed E-state index contributed by atoms with van der Waals surface area (Å²) in [6.07, 6.45) is 6.38. The highest BCUT2D eigenvalue weighted by Crippen LogP contribution is 2.35. The van der Waals surface area contributed by atoms with Gasteiger partial charge in [-0.1, -0.05) is 12.8 Å². The van der Waals surface area contributed by atoms with Gasteiger partial charge in [0.2, 0.25) is 0 Å². The minimum Gasteiger partial charge on any atom is -0.481 e. The van der Waals surface area contributed by atoms with E-state index in [0.717, 1.165) is 32.2 Å². The molecule has 1 atom stereocenters. The van der Waals surface area contributed by atoms with Crippen molar-refractivity contribution in [1.82, 2.24) is 9.80 Å². The van der Waals surface area contributed by atoms with Gasteiger partial charge in [-0.05, 0) is 45.4 Å². The van der Waals surface area contributed by atoms with Crippen molar-refractivity contribution in [2.75, 3.05) is 20.1 Å². The molecule has 5 heteroatoms. The summed E-state index contributed by atoms with van der Waals surface area (Å²) in [6.45, 7) is 4.86. The minimum absolute atomic E-state index is 0.0321. The molecule has 2 amide bonds. The van der Waals surface area contributed by atoms with Crippen LogP contribution in [0.5, 0.6) is 0 Å². The molecule has 1 aliphatic heterocycles. The molecule has 21 heavy (non-hydrogen) atoms. The SMILES string of the molecule is CN(C(=O)N1CCCC(C(C)(C)C(=O)O)C1)C1CCCC1. The van der Waals surface area contributed by atoms with Crippen molar-refractivity contribution in [3.63, 3.8) is 0 Å². The second-order valence-electron chi connectivity index (χ2n) is 7.14. The van der Waals surface area contributed by atoms with Gasteiger partial charge >= 0.3 is 12.0 Å². The molecule has 0 aromatic carbocycles. The monoisotopic (exact) mass is 296 g/mol. The van der Waals surface area contributed by atoms with Crippen molar-refractivity contribution in [2.45, 2.75) is 58.4 Å². The summed E-state index contributed by atoms with van der Waals surface area (Å²) in [5.41, 5.74) is -0.773. The molecule has 5 nitrogen and oxygen atoms in total. The first-order valence-corrected chi connectivity index (χ1v) is 8.09. The molecule has 1 saturated heterocycles. The van der Waals surface area contributed by atoms with Crippen LogP contribution in [0.1, 0.15) is 52.4 Å². The molecule has 1 unspecified atom stereocenters. The number of carboxylic acid groups (broad SMARTS) is 1. The Labute approximate surface area is 127 Å². The Bertz CT molecular complexity index is 402. The third kappa shape index (κ3) is 3.33. The summed E-state index contributed by atoms with van der Waals surface area (Å²) in [6, 6.07) is 0.443.